The summed E-state index contributed by atoms with van der Waals surface area (Å²) in [6.45, 7) is 9.20. The van der Waals surface area contributed by atoms with Crippen molar-refractivity contribution in [3.05, 3.63) is 0 Å². The fourth-order valence-electron chi connectivity index (χ4n) is 2.11. The van der Waals surface area contributed by atoms with Gasteiger partial charge in [-0.1, -0.05) is 62.9 Å². The quantitative estimate of drug-likeness (QED) is 0.547. The van der Waals surface area contributed by atoms with Crippen LogP contribution in [0.4, 0.5) is 0 Å². The van der Waals surface area contributed by atoms with Crippen molar-refractivity contribution in [3.63, 3.8) is 0 Å². The van der Waals surface area contributed by atoms with E-state index in [9.17, 15) is 0 Å². The van der Waals surface area contributed by atoms with E-state index in [-0.39, 0.29) is 0 Å². The molecule has 13 heavy (non-hydrogen) atoms. The lowest BCUT2D eigenvalue weighted by Crippen LogP contribution is -2.29. The molecule has 0 N–H and O–H groups in total. The maximum atomic E-state index is 3.94. The van der Waals surface area contributed by atoms with Gasteiger partial charge in [0.25, 0.3) is 0 Å². The van der Waals surface area contributed by atoms with Gasteiger partial charge in [-0.05, 0) is 25.2 Å². The van der Waals surface area contributed by atoms with Crippen molar-refractivity contribution in [3.8, 4) is 0 Å². The number of halogens is 1. The molecule has 0 aliphatic rings. The van der Waals surface area contributed by atoms with Gasteiger partial charge in [-0.25, -0.2) is 0 Å². The Hall–Kier alpha value is 0.480. The van der Waals surface area contributed by atoms with Crippen LogP contribution in [0.15, 0.2) is 0 Å². The summed E-state index contributed by atoms with van der Waals surface area (Å²) in [6.07, 6.45) is 7.92. The van der Waals surface area contributed by atoms with Gasteiger partial charge in [-0.15, -0.1) is 0 Å². The maximum absolute atomic E-state index is 3.94. The highest BCUT2D eigenvalue weighted by atomic mass is 79.9. The SMILES string of the molecule is CCCCC(CC)C(Br)(CC)CC. The predicted octanol–water partition coefficient (Wildman–Crippen LogP) is 5.16. The van der Waals surface area contributed by atoms with E-state index < -0.39 is 0 Å². The third-order valence-electron chi connectivity index (χ3n) is 3.31. The maximum Gasteiger partial charge on any atom is 0.0280 e. The normalized spacial score (nSPS) is 14.5. The minimum absolute atomic E-state index is 0.414. The van der Waals surface area contributed by atoms with Crippen molar-refractivity contribution >= 4 is 15.9 Å². The molecule has 0 spiro atoms. The summed E-state index contributed by atoms with van der Waals surface area (Å²) in [5.41, 5.74) is 0. The van der Waals surface area contributed by atoms with Gasteiger partial charge in [0.15, 0.2) is 0 Å². The topological polar surface area (TPSA) is 0 Å². The number of hydrogen-bond acceptors (Lipinski definition) is 0. The monoisotopic (exact) mass is 248 g/mol. The Morgan fingerprint density at radius 1 is 1.08 bits per heavy atom. The van der Waals surface area contributed by atoms with Crippen molar-refractivity contribution in [1.82, 2.24) is 0 Å². The molecule has 0 heterocycles. The Bertz CT molecular complexity index is 116. The Kier molecular flexibility index (Phi) is 7.12. The van der Waals surface area contributed by atoms with E-state index in [0.29, 0.717) is 4.32 Å². The molecule has 0 aliphatic heterocycles. The molecule has 0 saturated heterocycles. The van der Waals surface area contributed by atoms with E-state index in [0.717, 1.165) is 5.92 Å². The first-order valence-electron chi connectivity index (χ1n) is 5.83. The summed E-state index contributed by atoms with van der Waals surface area (Å²) in [7, 11) is 0. The van der Waals surface area contributed by atoms with Gasteiger partial charge in [-0.3, -0.25) is 0 Å². The first-order valence-corrected chi connectivity index (χ1v) is 6.62. The molecule has 0 aliphatic carbocycles. The molecular formula is C12H25Br. The molecular weight excluding hydrogens is 224 g/mol. The smallest absolute Gasteiger partial charge is 0.0280 e. The Labute approximate surface area is 92.6 Å². The zero-order valence-corrected chi connectivity index (χ0v) is 11.3. The van der Waals surface area contributed by atoms with Crippen molar-refractivity contribution in [2.45, 2.75) is 70.5 Å². The third-order valence-corrected chi connectivity index (χ3v) is 5.08. The number of hydrogen-bond donors (Lipinski definition) is 0. The number of unbranched alkanes of at least 4 members (excludes halogenated alkanes) is 1. The second-order valence-electron chi connectivity index (χ2n) is 3.99. The Morgan fingerprint density at radius 3 is 1.92 bits per heavy atom. The third kappa shape index (κ3) is 4.01. The average molecular weight is 249 g/mol. The summed E-state index contributed by atoms with van der Waals surface area (Å²) in [5, 5.41) is 0. The lowest BCUT2D eigenvalue weighted by molar-refractivity contribution is 0.324. The molecule has 0 aromatic carbocycles. The highest BCUT2D eigenvalue weighted by Crippen LogP contribution is 2.39. The van der Waals surface area contributed by atoms with E-state index in [4.69, 9.17) is 0 Å². The highest BCUT2D eigenvalue weighted by Gasteiger charge is 2.30. The summed E-state index contributed by atoms with van der Waals surface area (Å²) < 4.78 is 0.414. The van der Waals surface area contributed by atoms with Gasteiger partial charge in [0.2, 0.25) is 0 Å². The van der Waals surface area contributed by atoms with E-state index in [1.54, 1.807) is 0 Å². The van der Waals surface area contributed by atoms with Crippen molar-refractivity contribution in [1.29, 1.82) is 0 Å². The molecule has 1 heteroatoms. The minimum Gasteiger partial charge on any atom is -0.0851 e. The van der Waals surface area contributed by atoms with Gasteiger partial charge >= 0.3 is 0 Å². The Morgan fingerprint density at radius 2 is 1.62 bits per heavy atom. The zero-order chi connectivity index (χ0) is 10.3. The summed E-state index contributed by atoms with van der Waals surface area (Å²) >= 11 is 3.94. The van der Waals surface area contributed by atoms with Crippen molar-refractivity contribution < 1.29 is 0 Å². The van der Waals surface area contributed by atoms with Crippen LogP contribution in [0.2, 0.25) is 0 Å². The molecule has 0 fully saturated rings. The van der Waals surface area contributed by atoms with Crippen LogP contribution in [0, 0.1) is 5.92 Å². The molecule has 1 unspecified atom stereocenters. The van der Waals surface area contributed by atoms with E-state index in [1.807, 2.05) is 0 Å². The minimum atomic E-state index is 0.414. The summed E-state index contributed by atoms with van der Waals surface area (Å²) in [6, 6.07) is 0. The van der Waals surface area contributed by atoms with Crippen LogP contribution >= 0.6 is 15.9 Å². The van der Waals surface area contributed by atoms with Gasteiger partial charge in [-0.2, -0.15) is 0 Å². The van der Waals surface area contributed by atoms with E-state index in [1.165, 1.54) is 38.5 Å². The zero-order valence-electron chi connectivity index (χ0n) is 9.70. The second kappa shape index (κ2) is 6.86. The summed E-state index contributed by atoms with van der Waals surface area (Å²) in [5.74, 6) is 0.863. The fraction of sp³-hybridized carbons (Fsp3) is 1.00. The summed E-state index contributed by atoms with van der Waals surface area (Å²) in [4.78, 5) is 0. The molecule has 0 radical (unpaired) electrons. The fourth-order valence-corrected chi connectivity index (χ4v) is 2.66. The standard InChI is InChI=1S/C12H25Br/c1-5-9-10-11(6-2)12(13,7-3)8-4/h11H,5-10H2,1-4H3. The molecule has 0 aromatic rings. The van der Waals surface area contributed by atoms with Gasteiger partial charge in [0.05, 0.1) is 0 Å². The van der Waals surface area contributed by atoms with Gasteiger partial charge in [0.1, 0.15) is 0 Å². The molecule has 0 aromatic heterocycles. The Balaban J connectivity index is 4.16. The number of alkyl halides is 1. The molecule has 0 bridgehead atoms. The van der Waals surface area contributed by atoms with Crippen LogP contribution in [-0.2, 0) is 0 Å². The molecule has 0 rings (SSSR count). The highest BCUT2D eigenvalue weighted by molar-refractivity contribution is 9.10. The predicted molar refractivity (Wildman–Crippen MR) is 65.5 cm³/mol. The lowest BCUT2D eigenvalue weighted by Gasteiger charge is -2.34. The molecule has 80 valence electrons. The van der Waals surface area contributed by atoms with Gasteiger partial charge < -0.3 is 0 Å². The van der Waals surface area contributed by atoms with Gasteiger partial charge in [0, 0.05) is 4.32 Å². The lowest BCUT2D eigenvalue weighted by atomic mass is 9.82. The van der Waals surface area contributed by atoms with Crippen LogP contribution in [0.5, 0.6) is 0 Å². The molecule has 0 nitrogen and oxygen atoms in total. The molecule has 1 atom stereocenters. The average Bonchev–Trinajstić information content (AvgIpc) is 2.18. The van der Waals surface area contributed by atoms with E-state index in [2.05, 4.69) is 43.6 Å². The van der Waals surface area contributed by atoms with Crippen LogP contribution in [0.25, 0.3) is 0 Å². The molecule has 0 saturated carbocycles. The second-order valence-corrected chi connectivity index (χ2v) is 5.57. The van der Waals surface area contributed by atoms with Crippen LogP contribution in [0.3, 0.4) is 0 Å². The van der Waals surface area contributed by atoms with E-state index >= 15 is 0 Å². The number of rotatable bonds is 7. The van der Waals surface area contributed by atoms with Crippen molar-refractivity contribution in [2.24, 2.45) is 5.92 Å². The largest absolute Gasteiger partial charge is 0.0851 e. The van der Waals surface area contributed by atoms with Crippen LogP contribution < -0.4 is 0 Å². The first-order chi connectivity index (χ1) is 6.14. The van der Waals surface area contributed by atoms with Crippen molar-refractivity contribution in [2.75, 3.05) is 0 Å². The molecule has 0 amide bonds. The van der Waals surface area contributed by atoms with Crippen LogP contribution in [0.1, 0.15) is 66.2 Å². The first kappa shape index (κ1) is 13.5. The van der Waals surface area contributed by atoms with Crippen LogP contribution in [-0.4, -0.2) is 4.32 Å².